The third-order valence-electron chi connectivity index (χ3n) is 6.10. The molecule has 7 nitrogen and oxygen atoms in total. The van der Waals surface area contributed by atoms with E-state index < -0.39 is 17.2 Å². The quantitative estimate of drug-likeness (QED) is 0.524. The second kappa shape index (κ2) is 6.45. The molecule has 0 bridgehead atoms. The van der Waals surface area contributed by atoms with E-state index in [2.05, 4.69) is 5.32 Å². The summed E-state index contributed by atoms with van der Waals surface area (Å²) in [6, 6.07) is 11.9. The lowest BCUT2D eigenvalue weighted by atomic mass is 9.84. The number of rotatable bonds is 2. The molecule has 2 aliphatic heterocycles. The summed E-state index contributed by atoms with van der Waals surface area (Å²) in [6.45, 7) is 4.13. The molecule has 1 saturated heterocycles. The zero-order valence-corrected chi connectivity index (χ0v) is 16.7. The first-order valence-corrected chi connectivity index (χ1v) is 9.80. The summed E-state index contributed by atoms with van der Waals surface area (Å²) >= 11 is 0. The van der Waals surface area contributed by atoms with Crippen molar-refractivity contribution in [2.75, 3.05) is 6.61 Å². The minimum Gasteiger partial charge on any atom is -0.493 e. The van der Waals surface area contributed by atoms with E-state index in [1.807, 2.05) is 38.1 Å². The Morgan fingerprint density at radius 3 is 2.73 bits per heavy atom. The number of hydrogen-bond donors (Lipinski definition) is 1. The Balaban J connectivity index is 1.58. The second-order valence-electron chi connectivity index (χ2n) is 7.80. The van der Waals surface area contributed by atoms with Gasteiger partial charge in [-0.05, 0) is 36.6 Å². The van der Waals surface area contributed by atoms with Crippen LogP contribution in [0.25, 0.3) is 11.0 Å². The highest BCUT2D eigenvalue weighted by atomic mass is 16.5. The van der Waals surface area contributed by atoms with Gasteiger partial charge in [-0.2, -0.15) is 0 Å². The number of amides is 3. The van der Waals surface area contributed by atoms with Crippen molar-refractivity contribution >= 4 is 22.9 Å². The molecule has 0 radical (unpaired) electrons. The maximum Gasteiger partial charge on any atom is 0.336 e. The Morgan fingerprint density at radius 1 is 1.10 bits per heavy atom. The molecule has 3 amide bonds. The number of carbonyl (C=O) groups is 2. The first kappa shape index (κ1) is 18.4. The van der Waals surface area contributed by atoms with E-state index in [1.54, 1.807) is 12.1 Å². The molecule has 3 heterocycles. The molecule has 2 aromatic carbocycles. The monoisotopic (exact) mass is 404 g/mol. The Hall–Kier alpha value is -3.61. The highest BCUT2D eigenvalue weighted by Gasteiger charge is 2.54. The van der Waals surface area contributed by atoms with Gasteiger partial charge in [-0.25, -0.2) is 9.59 Å². The number of benzene rings is 2. The summed E-state index contributed by atoms with van der Waals surface area (Å²) in [5, 5.41) is 3.60. The summed E-state index contributed by atoms with van der Waals surface area (Å²) in [5.74, 6) is 0.254. The van der Waals surface area contributed by atoms with Crippen molar-refractivity contribution in [3.63, 3.8) is 0 Å². The van der Waals surface area contributed by atoms with Crippen molar-refractivity contribution in [3.8, 4) is 5.75 Å². The zero-order chi connectivity index (χ0) is 21.0. The average Bonchev–Trinajstić information content (AvgIpc) is 2.96. The molecule has 1 atom stereocenters. The molecule has 1 unspecified atom stereocenters. The molecule has 7 heteroatoms. The van der Waals surface area contributed by atoms with Crippen LogP contribution in [-0.4, -0.2) is 23.4 Å². The third-order valence-corrected chi connectivity index (χ3v) is 6.10. The molecule has 1 fully saturated rings. The molecule has 3 aromatic rings. The fourth-order valence-corrected chi connectivity index (χ4v) is 4.34. The predicted molar refractivity (Wildman–Crippen MR) is 109 cm³/mol. The van der Waals surface area contributed by atoms with Crippen LogP contribution in [0.15, 0.2) is 51.7 Å². The van der Waals surface area contributed by atoms with Gasteiger partial charge in [0.15, 0.2) is 5.54 Å². The predicted octanol–water partition coefficient (Wildman–Crippen LogP) is 3.14. The van der Waals surface area contributed by atoms with Crippen LogP contribution in [0.1, 0.15) is 28.7 Å². The van der Waals surface area contributed by atoms with E-state index in [0.29, 0.717) is 40.9 Å². The molecule has 30 heavy (non-hydrogen) atoms. The lowest BCUT2D eigenvalue weighted by Crippen LogP contribution is -2.47. The van der Waals surface area contributed by atoms with E-state index in [9.17, 15) is 14.4 Å². The van der Waals surface area contributed by atoms with Crippen molar-refractivity contribution in [2.45, 2.75) is 32.4 Å². The molecule has 5 rings (SSSR count). The van der Waals surface area contributed by atoms with E-state index in [-0.39, 0.29) is 12.5 Å². The number of para-hydroxylation sites is 1. The average molecular weight is 404 g/mol. The van der Waals surface area contributed by atoms with Crippen LogP contribution in [0.4, 0.5) is 4.79 Å². The van der Waals surface area contributed by atoms with Crippen molar-refractivity contribution in [1.29, 1.82) is 0 Å². The third kappa shape index (κ3) is 2.55. The molecule has 0 aliphatic carbocycles. The number of nitrogens with zero attached hydrogens (tertiary/aromatic N) is 1. The number of carbonyl (C=O) groups excluding carboxylic acids is 2. The van der Waals surface area contributed by atoms with Gasteiger partial charge in [0, 0.05) is 23.4 Å². The van der Waals surface area contributed by atoms with Gasteiger partial charge < -0.3 is 14.5 Å². The number of ether oxygens (including phenoxy) is 1. The van der Waals surface area contributed by atoms with Crippen LogP contribution in [0.2, 0.25) is 0 Å². The molecule has 0 saturated carbocycles. The van der Waals surface area contributed by atoms with E-state index in [0.717, 1.165) is 11.1 Å². The van der Waals surface area contributed by atoms with Crippen molar-refractivity contribution in [1.82, 2.24) is 10.2 Å². The molecule has 1 N–H and O–H groups in total. The summed E-state index contributed by atoms with van der Waals surface area (Å²) < 4.78 is 11.1. The second-order valence-corrected chi connectivity index (χ2v) is 7.80. The standard InChI is InChI=1S/C23H20N2O5/c1-13-7-8-16-15(11-19(26)30-20(16)14(13)2)12-25-21(27)23(24-22(25)28)9-10-29-18-6-4-3-5-17(18)23/h3-8,11H,9-10,12H2,1-2H3,(H,24,28). The van der Waals surface area contributed by atoms with Crippen LogP contribution < -0.4 is 15.7 Å². The maximum absolute atomic E-state index is 13.5. The van der Waals surface area contributed by atoms with Crippen LogP contribution in [0.3, 0.4) is 0 Å². The summed E-state index contributed by atoms with van der Waals surface area (Å²) in [7, 11) is 0. The molecular weight excluding hydrogens is 384 g/mol. The highest BCUT2D eigenvalue weighted by molar-refractivity contribution is 6.08. The minimum absolute atomic E-state index is 0.0138. The van der Waals surface area contributed by atoms with Crippen LogP contribution in [0, 0.1) is 13.8 Å². The highest BCUT2D eigenvalue weighted by Crippen LogP contribution is 2.41. The van der Waals surface area contributed by atoms with Gasteiger partial charge in [-0.3, -0.25) is 9.69 Å². The minimum atomic E-state index is -1.15. The van der Waals surface area contributed by atoms with Crippen LogP contribution in [0.5, 0.6) is 5.75 Å². The lowest BCUT2D eigenvalue weighted by Gasteiger charge is -2.33. The summed E-state index contributed by atoms with van der Waals surface area (Å²) in [4.78, 5) is 39.7. The van der Waals surface area contributed by atoms with Crippen molar-refractivity contribution < 1.29 is 18.7 Å². The fourth-order valence-electron chi connectivity index (χ4n) is 4.34. The van der Waals surface area contributed by atoms with Crippen molar-refractivity contribution in [3.05, 3.63) is 75.1 Å². The van der Waals surface area contributed by atoms with Gasteiger partial charge in [0.2, 0.25) is 0 Å². The topological polar surface area (TPSA) is 88.9 Å². The molecule has 2 aliphatic rings. The maximum atomic E-state index is 13.5. The van der Waals surface area contributed by atoms with Crippen LogP contribution in [-0.2, 0) is 16.9 Å². The van der Waals surface area contributed by atoms with Crippen LogP contribution >= 0.6 is 0 Å². The molecule has 152 valence electrons. The van der Waals surface area contributed by atoms with Gasteiger partial charge in [0.25, 0.3) is 5.91 Å². The first-order valence-electron chi connectivity index (χ1n) is 9.80. The number of aryl methyl sites for hydroxylation is 2. The number of urea groups is 1. The van der Waals surface area contributed by atoms with E-state index in [4.69, 9.17) is 9.15 Å². The van der Waals surface area contributed by atoms with E-state index >= 15 is 0 Å². The first-order chi connectivity index (χ1) is 14.4. The zero-order valence-electron chi connectivity index (χ0n) is 16.7. The molecule has 1 spiro atoms. The number of hydrogen-bond acceptors (Lipinski definition) is 5. The Kier molecular flexibility index (Phi) is 3.96. The van der Waals surface area contributed by atoms with E-state index in [1.165, 1.54) is 11.0 Å². The number of nitrogens with one attached hydrogen (secondary N) is 1. The molecule has 1 aromatic heterocycles. The van der Waals surface area contributed by atoms with Gasteiger partial charge in [0.1, 0.15) is 11.3 Å². The van der Waals surface area contributed by atoms with Gasteiger partial charge in [0.05, 0.1) is 13.2 Å². The largest absolute Gasteiger partial charge is 0.493 e. The Labute approximate surface area is 172 Å². The smallest absolute Gasteiger partial charge is 0.336 e. The van der Waals surface area contributed by atoms with Gasteiger partial charge in [-0.1, -0.05) is 30.3 Å². The van der Waals surface area contributed by atoms with Crippen molar-refractivity contribution in [2.24, 2.45) is 0 Å². The Morgan fingerprint density at radius 2 is 1.90 bits per heavy atom. The number of imide groups is 1. The Bertz CT molecular complexity index is 1280. The SMILES string of the molecule is Cc1ccc2c(CN3C(=O)NC4(CCOc5ccccc54)C3=O)cc(=O)oc2c1C. The van der Waals surface area contributed by atoms with Gasteiger partial charge >= 0.3 is 11.7 Å². The van der Waals surface area contributed by atoms with Gasteiger partial charge in [-0.15, -0.1) is 0 Å². The fraction of sp³-hybridized carbons (Fsp3) is 0.261. The lowest BCUT2D eigenvalue weighted by molar-refractivity contribution is -0.133. The summed E-state index contributed by atoms with van der Waals surface area (Å²) in [6.07, 6.45) is 0.348. The summed E-state index contributed by atoms with van der Waals surface area (Å²) in [5.41, 5.74) is 1.91. The number of fused-ring (bicyclic) bond motifs is 3. The molecular formula is C23H20N2O5. The normalized spacial score (nSPS) is 20.4.